The maximum Gasteiger partial charge on any atom is 0.409 e. The molecule has 1 saturated heterocycles. The van der Waals surface area contributed by atoms with Gasteiger partial charge in [0.1, 0.15) is 6.61 Å². The number of carbonyl (C=O) groups is 1. The van der Waals surface area contributed by atoms with Crippen LogP contribution in [-0.4, -0.2) is 42.6 Å². The summed E-state index contributed by atoms with van der Waals surface area (Å²) in [6.45, 7) is 2.71. The van der Waals surface area contributed by atoms with E-state index in [1.54, 1.807) is 24.1 Å². The molecule has 0 unspecified atom stereocenters. The van der Waals surface area contributed by atoms with Crippen molar-refractivity contribution in [2.75, 3.05) is 26.7 Å². The Morgan fingerprint density at radius 1 is 1.45 bits per heavy atom. The van der Waals surface area contributed by atoms with E-state index < -0.39 is 4.92 Å². The third kappa shape index (κ3) is 5.16. The number of rotatable bonds is 5. The zero-order chi connectivity index (χ0) is 15.2. The van der Waals surface area contributed by atoms with E-state index >= 15 is 0 Å². The van der Waals surface area contributed by atoms with Gasteiger partial charge < -0.3 is 15.0 Å². The lowest BCUT2D eigenvalue weighted by Crippen LogP contribution is -2.33. The van der Waals surface area contributed by atoms with Crippen molar-refractivity contribution >= 4 is 24.2 Å². The minimum atomic E-state index is -0.459. The first kappa shape index (κ1) is 18.2. The summed E-state index contributed by atoms with van der Waals surface area (Å²) in [5, 5.41) is 13.8. The maximum atomic E-state index is 11.9. The molecule has 0 aliphatic carbocycles. The molecule has 7 nitrogen and oxygen atoms in total. The molecule has 1 heterocycles. The Bertz CT molecular complexity index is 503. The van der Waals surface area contributed by atoms with Gasteiger partial charge in [-0.1, -0.05) is 0 Å². The number of ether oxygens (including phenoxy) is 1. The van der Waals surface area contributed by atoms with Crippen molar-refractivity contribution in [3.8, 4) is 0 Å². The molecule has 0 spiro atoms. The normalized spacial score (nSPS) is 16.7. The van der Waals surface area contributed by atoms with Crippen LogP contribution in [0.25, 0.3) is 0 Å². The Labute approximate surface area is 135 Å². The summed E-state index contributed by atoms with van der Waals surface area (Å²) in [6, 6.07) is 5.98. The first-order chi connectivity index (χ1) is 10.1. The summed E-state index contributed by atoms with van der Waals surface area (Å²) in [6.07, 6.45) is 0.695. The Morgan fingerprint density at radius 2 is 2.14 bits per heavy atom. The van der Waals surface area contributed by atoms with Crippen LogP contribution in [0.15, 0.2) is 24.3 Å². The fraction of sp³-hybridized carbons (Fsp3) is 0.500. The Morgan fingerprint density at radius 3 is 2.68 bits per heavy atom. The number of hydrogen-bond acceptors (Lipinski definition) is 5. The topological polar surface area (TPSA) is 84.7 Å². The van der Waals surface area contributed by atoms with Gasteiger partial charge in [-0.2, -0.15) is 0 Å². The maximum absolute atomic E-state index is 11.9. The lowest BCUT2D eigenvalue weighted by Gasteiger charge is -2.20. The lowest BCUT2D eigenvalue weighted by atomic mass is 10.1. The quantitative estimate of drug-likeness (QED) is 0.661. The fourth-order valence-electron chi connectivity index (χ4n) is 2.30. The van der Waals surface area contributed by atoms with Crippen molar-refractivity contribution < 1.29 is 14.5 Å². The third-order valence-electron chi connectivity index (χ3n) is 3.52. The number of halogens is 1. The highest BCUT2D eigenvalue weighted by Crippen LogP contribution is 2.13. The number of amides is 1. The second-order valence-electron chi connectivity index (χ2n) is 5.22. The van der Waals surface area contributed by atoms with Crippen LogP contribution < -0.4 is 5.32 Å². The van der Waals surface area contributed by atoms with E-state index in [1.165, 1.54) is 12.1 Å². The molecule has 1 aliphatic heterocycles. The summed E-state index contributed by atoms with van der Waals surface area (Å²) < 4.78 is 5.20. The highest BCUT2D eigenvalue weighted by Gasteiger charge is 2.19. The van der Waals surface area contributed by atoms with Crippen LogP contribution in [-0.2, 0) is 11.3 Å². The lowest BCUT2D eigenvalue weighted by molar-refractivity contribution is -0.384. The molecule has 122 valence electrons. The first-order valence-electron chi connectivity index (χ1n) is 6.88. The van der Waals surface area contributed by atoms with Crippen LogP contribution in [0.1, 0.15) is 12.0 Å². The number of benzene rings is 1. The molecular weight excluding hydrogens is 310 g/mol. The minimum absolute atomic E-state index is 0. The summed E-state index contributed by atoms with van der Waals surface area (Å²) >= 11 is 0. The van der Waals surface area contributed by atoms with Crippen molar-refractivity contribution in [2.24, 2.45) is 5.92 Å². The van der Waals surface area contributed by atoms with Gasteiger partial charge in [-0.25, -0.2) is 4.79 Å². The summed E-state index contributed by atoms with van der Waals surface area (Å²) in [4.78, 5) is 23.5. The van der Waals surface area contributed by atoms with Gasteiger partial charge in [0, 0.05) is 25.7 Å². The zero-order valence-electron chi connectivity index (χ0n) is 12.4. The first-order valence-corrected chi connectivity index (χ1v) is 6.88. The van der Waals surface area contributed by atoms with E-state index in [-0.39, 0.29) is 30.8 Å². The number of carbonyl (C=O) groups excluding carboxylic acids is 1. The van der Waals surface area contributed by atoms with E-state index in [9.17, 15) is 14.9 Å². The molecule has 0 aromatic heterocycles. The van der Waals surface area contributed by atoms with Gasteiger partial charge in [-0.15, -0.1) is 12.4 Å². The predicted octanol–water partition coefficient (Wildman–Crippen LogP) is 2.19. The van der Waals surface area contributed by atoms with Crippen LogP contribution >= 0.6 is 12.4 Å². The predicted molar refractivity (Wildman–Crippen MR) is 84.1 cm³/mol. The average molecular weight is 330 g/mol. The fourth-order valence-corrected chi connectivity index (χ4v) is 2.30. The highest BCUT2D eigenvalue weighted by atomic mass is 35.5. The second-order valence-corrected chi connectivity index (χ2v) is 5.22. The van der Waals surface area contributed by atoms with Crippen molar-refractivity contribution in [1.82, 2.24) is 10.2 Å². The Balaban J connectivity index is 0.00000242. The molecule has 1 aliphatic rings. The van der Waals surface area contributed by atoms with E-state index in [0.717, 1.165) is 25.1 Å². The summed E-state index contributed by atoms with van der Waals surface area (Å²) in [7, 11) is 1.72. The van der Waals surface area contributed by atoms with E-state index in [2.05, 4.69) is 5.32 Å². The number of nitrogens with one attached hydrogen (secondary N) is 1. The molecule has 1 atom stereocenters. The molecule has 1 N–H and O–H groups in total. The van der Waals surface area contributed by atoms with Gasteiger partial charge in [-0.3, -0.25) is 10.1 Å². The largest absolute Gasteiger partial charge is 0.445 e. The molecule has 0 bridgehead atoms. The molecule has 0 saturated carbocycles. The molecule has 1 aromatic carbocycles. The highest BCUT2D eigenvalue weighted by molar-refractivity contribution is 5.85. The van der Waals surface area contributed by atoms with Crippen molar-refractivity contribution in [1.29, 1.82) is 0 Å². The standard InChI is InChI=1S/C14H19N3O4.ClH/c1-16(9-12-6-7-15-8-12)14(18)21-10-11-2-4-13(5-3-11)17(19)20;/h2-5,12,15H,6-10H2,1H3;1H/t12-;/m0./s1. The number of nitro benzene ring substituents is 1. The zero-order valence-corrected chi connectivity index (χ0v) is 13.2. The van der Waals surface area contributed by atoms with E-state index in [0.29, 0.717) is 12.5 Å². The molecular formula is C14H20ClN3O4. The second kappa shape index (κ2) is 8.55. The van der Waals surface area contributed by atoms with Crippen LogP contribution in [0.2, 0.25) is 0 Å². The summed E-state index contributed by atoms with van der Waals surface area (Å²) in [5.41, 5.74) is 0.751. The summed E-state index contributed by atoms with van der Waals surface area (Å²) in [5.74, 6) is 0.474. The molecule has 22 heavy (non-hydrogen) atoms. The Hall–Kier alpha value is -1.86. The number of nitro groups is 1. The van der Waals surface area contributed by atoms with Crippen molar-refractivity contribution in [3.63, 3.8) is 0 Å². The number of non-ortho nitro benzene ring substituents is 1. The molecule has 1 amide bonds. The SMILES string of the molecule is CN(C[C@H]1CCNC1)C(=O)OCc1ccc([N+](=O)[O-])cc1.Cl. The van der Waals surface area contributed by atoms with E-state index in [4.69, 9.17) is 4.74 Å². The third-order valence-corrected chi connectivity index (χ3v) is 3.52. The van der Waals surface area contributed by atoms with Crippen LogP contribution in [0.5, 0.6) is 0 Å². The molecule has 8 heteroatoms. The van der Waals surface area contributed by atoms with E-state index in [1.807, 2.05) is 0 Å². The monoisotopic (exact) mass is 329 g/mol. The van der Waals surface area contributed by atoms with Gasteiger partial charge in [0.2, 0.25) is 0 Å². The number of nitrogens with zero attached hydrogens (tertiary/aromatic N) is 2. The average Bonchev–Trinajstić information content (AvgIpc) is 2.98. The molecule has 1 aromatic rings. The number of hydrogen-bond donors (Lipinski definition) is 1. The minimum Gasteiger partial charge on any atom is -0.445 e. The van der Waals surface area contributed by atoms with Gasteiger partial charge in [0.25, 0.3) is 5.69 Å². The molecule has 1 fully saturated rings. The van der Waals surface area contributed by atoms with Gasteiger partial charge in [-0.05, 0) is 43.1 Å². The van der Waals surface area contributed by atoms with Gasteiger partial charge in [0.15, 0.2) is 0 Å². The van der Waals surface area contributed by atoms with Gasteiger partial charge in [0.05, 0.1) is 4.92 Å². The van der Waals surface area contributed by atoms with Crippen LogP contribution in [0.3, 0.4) is 0 Å². The molecule has 2 rings (SSSR count). The van der Waals surface area contributed by atoms with Crippen LogP contribution in [0.4, 0.5) is 10.5 Å². The molecule has 0 radical (unpaired) electrons. The van der Waals surface area contributed by atoms with Crippen molar-refractivity contribution in [3.05, 3.63) is 39.9 Å². The smallest absolute Gasteiger partial charge is 0.409 e. The van der Waals surface area contributed by atoms with Gasteiger partial charge >= 0.3 is 6.09 Å². The van der Waals surface area contributed by atoms with Crippen molar-refractivity contribution in [2.45, 2.75) is 13.0 Å². The Kier molecular flexibility index (Phi) is 7.07. The van der Waals surface area contributed by atoms with Crippen LogP contribution in [0, 0.1) is 16.0 Å².